The number of aromatic hydroxyl groups is 2. The van der Waals surface area contributed by atoms with E-state index in [1.54, 1.807) is 6.07 Å². The van der Waals surface area contributed by atoms with Gasteiger partial charge >= 0.3 is 0 Å². The lowest BCUT2D eigenvalue weighted by molar-refractivity contribution is 0.150. The van der Waals surface area contributed by atoms with Crippen LogP contribution in [0.5, 0.6) is 17.2 Å². The van der Waals surface area contributed by atoms with Crippen LogP contribution in [0, 0.1) is 0 Å². The molecule has 0 atom stereocenters. The zero-order chi connectivity index (χ0) is 10.3. The van der Waals surface area contributed by atoms with Crippen LogP contribution in [0.15, 0.2) is 12.1 Å². The lowest BCUT2D eigenvalue weighted by Gasteiger charge is -2.12. The highest BCUT2D eigenvalue weighted by molar-refractivity contribution is 5.53. The number of aliphatic hydroxyl groups is 1. The molecular weight excluding hydrogens is 184 g/mol. The molecule has 3 N–H and O–H groups in total. The molecule has 4 nitrogen and oxygen atoms in total. The lowest BCUT2D eigenvalue weighted by Crippen LogP contribution is -2.04. The van der Waals surface area contributed by atoms with Crippen molar-refractivity contribution in [3.05, 3.63) is 17.7 Å². The maximum Gasteiger partial charge on any atom is 0.200 e. The Balaban J connectivity index is 2.48. The summed E-state index contributed by atoms with van der Waals surface area (Å²) in [5.74, 6) is -0.375. The molecule has 0 heterocycles. The van der Waals surface area contributed by atoms with E-state index in [9.17, 15) is 15.3 Å². The Morgan fingerprint density at radius 3 is 2.43 bits per heavy atom. The Bertz CT molecular complexity index is 369. The van der Waals surface area contributed by atoms with Gasteiger partial charge in [-0.25, -0.2) is 0 Å². The number of hydrogen-bond donors (Lipinski definition) is 3. The molecule has 1 aromatic carbocycles. The average molecular weight is 196 g/mol. The average Bonchev–Trinajstić information content (AvgIpc) is 2.89. The normalized spacial score (nSPS) is 17.9. The number of benzene rings is 1. The van der Waals surface area contributed by atoms with Crippen molar-refractivity contribution in [3.63, 3.8) is 0 Å². The predicted molar refractivity (Wildman–Crippen MR) is 49.5 cm³/mol. The van der Waals surface area contributed by atoms with E-state index in [0.29, 0.717) is 18.4 Å². The Morgan fingerprint density at radius 1 is 1.29 bits per heavy atom. The van der Waals surface area contributed by atoms with Crippen molar-refractivity contribution in [2.75, 3.05) is 7.11 Å². The number of hydrogen-bond acceptors (Lipinski definition) is 4. The molecule has 4 heteroatoms. The molecule has 0 radical (unpaired) electrons. The molecule has 1 saturated carbocycles. The van der Waals surface area contributed by atoms with Gasteiger partial charge in [0, 0.05) is 0 Å². The third kappa shape index (κ3) is 1.28. The van der Waals surface area contributed by atoms with E-state index in [2.05, 4.69) is 0 Å². The smallest absolute Gasteiger partial charge is 0.200 e. The van der Waals surface area contributed by atoms with Gasteiger partial charge in [-0.2, -0.15) is 0 Å². The maximum absolute atomic E-state index is 9.79. The fourth-order valence-corrected chi connectivity index (χ4v) is 1.42. The second-order valence-corrected chi connectivity index (χ2v) is 3.58. The van der Waals surface area contributed by atoms with Crippen molar-refractivity contribution in [1.29, 1.82) is 0 Å². The van der Waals surface area contributed by atoms with Crippen LogP contribution < -0.4 is 4.74 Å². The molecule has 1 aliphatic carbocycles. The molecule has 0 aliphatic heterocycles. The summed E-state index contributed by atoms with van der Waals surface area (Å²) in [6.07, 6.45) is 1.36. The third-order valence-electron chi connectivity index (χ3n) is 2.54. The van der Waals surface area contributed by atoms with Gasteiger partial charge in [0.05, 0.1) is 12.7 Å². The van der Waals surface area contributed by atoms with Gasteiger partial charge < -0.3 is 20.1 Å². The minimum Gasteiger partial charge on any atom is -0.504 e. The van der Waals surface area contributed by atoms with Gasteiger partial charge in [-0.05, 0) is 30.5 Å². The second kappa shape index (κ2) is 2.78. The number of ether oxygens (including phenoxy) is 1. The van der Waals surface area contributed by atoms with E-state index in [1.807, 2.05) is 0 Å². The first-order valence-electron chi connectivity index (χ1n) is 4.40. The van der Waals surface area contributed by atoms with Gasteiger partial charge in [-0.15, -0.1) is 0 Å². The van der Waals surface area contributed by atoms with E-state index in [-0.39, 0.29) is 17.2 Å². The van der Waals surface area contributed by atoms with E-state index < -0.39 is 5.60 Å². The quantitative estimate of drug-likeness (QED) is 0.619. The van der Waals surface area contributed by atoms with Crippen LogP contribution >= 0.6 is 0 Å². The van der Waals surface area contributed by atoms with Crippen molar-refractivity contribution >= 4 is 0 Å². The summed E-state index contributed by atoms with van der Waals surface area (Å²) in [6.45, 7) is 0. The van der Waals surface area contributed by atoms with Gasteiger partial charge in [0.25, 0.3) is 0 Å². The molecule has 0 bridgehead atoms. The molecule has 76 valence electrons. The molecule has 1 aromatic rings. The van der Waals surface area contributed by atoms with Crippen LogP contribution in [-0.4, -0.2) is 22.4 Å². The van der Waals surface area contributed by atoms with Crippen molar-refractivity contribution in [1.82, 2.24) is 0 Å². The molecule has 0 unspecified atom stereocenters. The topological polar surface area (TPSA) is 69.9 Å². The van der Waals surface area contributed by atoms with Crippen LogP contribution in [0.25, 0.3) is 0 Å². The van der Waals surface area contributed by atoms with E-state index in [0.717, 1.165) is 0 Å². The number of methoxy groups -OCH3 is 1. The van der Waals surface area contributed by atoms with E-state index in [1.165, 1.54) is 13.2 Å². The summed E-state index contributed by atoms with van der Waals surface area (Å²) in [5.41, 5.74) is -0.247. The van der Waals surface area contributed by atoms with E-state index >= 15 is 0 Å². The van der Waals surface area contributed by atoms with Crippen molar-refractivity contribution in [3.8, 4) is 17.2 Å². The molecular formula is C10H12O4. The van der Waals surface area contributed by atoms with Gasteiger partial charge in [0.15, 0.2) is 11.5 Å². The molecule has 0 saturated heterocycles. The Kier molecular flexibility index (Phi) is 1.82. The first kappa shape index (κ1) is 9.15. The van der Waals surface area contributed by atoms with Crippen LogP contribution in [0.1, 0.15) is 18.4 Å². The molecule has 1 aliphatic rings. The second-order valence-electron chi connectivity index (χ2n) is 3.58. The monoisotopic (exact) mass is 196 g/mol. The molecule has 14 heavy (non-hydrogen) atoms. The SMILES string of the molecule is COc1cc(C2(O)CC2)cc(O)c1O. The van der Waals surface area contributed by atoms with Gasteiger partial charge in [0.1, 0.15) is 0 Å². The third-order valence-corrected chi connectivity index (χ3v) is 2.54. The van der Waals surface area contributed by atoms with Crippen LogP contribution in [-0.2, 0) is 5.60 Å². The van der Waals surface area contributed by atoms with Gasteiger partial charge in [-0.3, -0.25) is 0 Å². The van der Waals surface area contributed by atoms with Crippen molar-refractivity contribution in [2.24, 2.45) is 0 Å². The Labute approximate surface area is 81.4 Å². The zero-order valence-electron chi connectivity index (χ0n) is 7.82. The van der Waals surface area contributed by atoms with Crippen molar-refractivity contribution < 1.29 is 20.1 Å². The first-order chi connectivity index (χ1) is 6.57. The fraction of sp³-hybridized carbons (Fsp3) is 0.400. The van der Waals surface area contributed by atoms with Crippen LogP contribution in [0.4, 0.5) is 0 Å². The molecule has 2 rings (SSSR count). The molecule has 0 aromatic heterocycles. The van der Waals surface area contributed by atoms with Gasteiger partial charge in [0.2, 0.25) is 5.75 Å². The highest BCUT2D eigenvalue weighted by atomic mass is 16.5. The Hall–Kier alpha value is -1.42. The predicted octanol–water partition coefficient (Wildman–Crippen LogP) is 1.09. The zero-order valence-corrected chi connectivity index (χ0v) is 7.82. The molecule has 0 spiro atoms. The molecule has 1 fully saturated rings. The standard InChI is InChI=1S/C10H12O4/c1-14-8-5-6(10(13)2-3-10)4-7(11)9(8)12/h4-5,11-13H,2-3H2,1H3. The summed E-state index contributed by atoms with van der Waals surface area (Å²) >= 11 is 0. The number of rotatable bonds is 2. The summed E-state index contributed by atoms with van der Waals surface area (Å²) in [7, 11) is 1.40. The maximum atomic E-state index is 9.79. The largest absolute Gasteiger partial charge is 0.504 e. The minimum absolute atomic E-state index is 0.181. The first-order valence-corrected chi connectivity index (χ1v) is 4.40. The number of phenols is 2. The highest BCUT2D eigenvalue weighted by Gasteiger charge is 2.43. The lowest BCUT2D eigenvalue weighted by atomic mass is 10.1. The minimum atomic E-state index is -0.835. The summed E-state index contributed by atoms with van der Waals surface area (Å²) < 4.78 is 4.87. The number of phenolic OH excluding ortho intramolecular Hbond substituents is 2. The summed E-state index contributed by atoms with van der Waals surface area (Å²) in [6, 6.07) is 2.91. The van der Waals surface area contributed by atoms with Gasteiger partial charge in [-0.1, -0.05) is 0 Å². The van der Waals surface area contributed by atoms with Crippen molar-refractivity contribution in [2.45, 2.75) is 18.4 Å². The Morgan fingerprint density at radius 2 is 1.93 bits per heavy atom. The molecule has 0 amide bonds. The summed E-state index contributed by atoms with van der Waals surface area (Å²) in [4.78, 5) is 0. The van der Waals surface area contributed by atoms with E-state index in [4.69, 9.17) is 4.74 Å². The van der Waals surface area contributed by atoms with Crippen LogP contribution in [0.2, 0.25) is 0 Å². The fourth-order valence-electron chi connectivity index (χ4n) is 1.42. The highest BCUT2D eigenvalue weighted by Crippen LogP contribution is 2.49. The van der Waals surface area contributed by atoms with Crippen LogP contribution in [0.3, 0.4) is 0 Å². The summed E-state index contributed by atoms with van der Waals surface area (Å²) in [5, 5.41) is 28.5.